The Morgan fingerprint density at radius 2 is 1.75 bits per heavy atom. The standard InChI is InChI=1S/C22H30N4OS/c1-4-25-13-15-26(16-14-25)21-8-6-5-7-20(21)23-22(27)24(2)17-18-9-11-19(28-3)12-10-18/h5-12H,4,13-17H2,1-3H3,(H,23,27). The second kappa shape index (κ2) is 9.85. The maximum atomic E-state index is 12.8. The van der Waals surface area contributed by atoms with Gasteiger partial charge in [-0.1, -0.05) is 31.2 Å². The molecule has 1 aliphatic heterocycles. The number of thioether (sulfide) groups is 1. The number of hydrogen-bond acceptors (Lipinski definition) is 4. The van der Waals surface area contributed by atoms with Gasteiger partial charge in [0.05, 0.1) is 11.4 Å². The number of carbonyl (C=O) groups is 1. The highest BCUT2D eigenvalue weighted by molar-refractivity contribution is 7.98. The Balaban J connectivity index is 1.63. The molecule has 1 fully saturated rings. The normalized spacial score (nSPS) is 14.8. The van der Waals surface area contributed by atoms with Gasteiger partial charge in [-0.05, 0) is 42.6 Å². The van der Waals surface area contributed by atoms with Gasteiger partial charge in [0, 0.05) is 44.7 Å². The number of amides is 2. The molecule has 2 aromatic rings. The van der Waals surface area contributed by atoms with E-state index in [0.29, 0.717) is 6.54 Å². The number of hydrogen-bond donors (Lipinski definition) is 1. The molecule has 28 heavy (non-hydrogen) atoms. The Labute approximate surface area is 172 Å². The van der Waals surface area contributed by atoms with Gasteiger partial charge in [0.15, 0.2) is 0 Å². The van der Waals surface area contributed by atoms with E-state index in [0.717, 1.165) is 49.7 Å². The number of benzene rings is 2. The summed E-state index contributed by atoms with van der Waals surface area (Å²) in [5.74, 6) is 0. The van der Waals surface area contributed by atoms with Crippen molar-refractivity contribution < 1.29 is 4.79 Å². The Hall–Kier alpha value is -2.18. The number of anilines is 2. The van der Waals surface area contributed by atoms with E-state index >= 15 is 0 Å². The molecule has 2 amide bonds. The number of para-hydroxylation sites is 2. The number of carbonyl (C=O) groups excluding carboxylic acids is 1. The van der Waals surface area contributed by atoms with Crippen LogP contribution in [0.1, 0.15) is 12.5 Å². The number of rotatable bonds is 6. The molecule has 0 radical (unpaired) electrons. The first-order valence-corrected chi connectivity index (χ1v) is 11.0. The Morgan fingerprint density at radius 1 is 1.07 bits per heavy atom. The van der Waals surface area contributed by atoms with E-state index in [9.17, 15) is 4.79 Å². The Bertz CT molecular complexity index is 772. The number of piperazine rings is 1. The SMILES string of the molecule is CCN1CCN(c2ccccc2NC(=O)N(C)Cc2ccc(SC)cc2)CC1. The van der Waals surface area contributed by atoms with Crippen molar-refractivity contribution in [1.82, 2.24) is 9.80 Å². The van der Waals surface area contributed by atoms with Crippen molar-refractivity contribution in [2.45, 2.75) is 18.4 Å². The van der Waals surface area contributed by atoms with Crippen LogP contribution in [0.15, 0.2) is 53.4 Å². The molecule has 5 nitrogen and oxygen atoms in total. The molecule has 6 heteroatoms. The lowest BCUT2D eigenvalue weighted by atomic mass is 10.2. The molecule has 0 saturated carbocycles. The van der Waals surface area contributed by atoms with Crippen molar-refractivity contribution in [1.29, 1.82) is 0 Å². The number of urea groups is 1. The Kier molecular flexibility index (Phi) is 7.23. The number of likely N-dealkylation sites (N-methyl/N-ethyl adjacent to an activating group) is 1. The summed E-state index contributed by atoms with van der Waals surface area (Å²) in [7, 11) is 1.83. The second-order valence-electron chi connectivity index (χ2n) is 7.07. The predicted octanol–water partition coefficient (Wildman–Crippen LogP) is 4.21. The molecule has 3 rings (SSSR count). The zero-order valence-corrected chi connectivity index (χ0v) is 17.8. The minimum absolute atomic E-state index is 0.0893. The van der Waals surface area contributed by atoms with E-state index in [1.165, 1.54) is 4.90 Å². The van der Waals surface area contributed by atoms with Gasteiger partial charge >= 0.3 is 6.03 Å². The molecule has 0 bridgehead atoms. The molecular formula is C22H30N4OS. The maximum absolute atomic E-state index is 12.8. The lowest BCUT2D eigenvalue weighted by Crippen LogP contribution is -2.46. The van der Waals surface area contributed by atoms with Crippen LogP contribution in [0.5, 0.6) is 0 Å². The van der Waals surface area contributed by atoms with Gasteiger partial charge in [-0.2, -0.15) is 0 Å². The molecule has 1 aliphatic rings. The van der Waals surface area contributed by atoms with Gasteiger partial charge in [0.25, 0.3) is 0 Å². The fraction of sp³-hybridized carbons (Fsp3) is 0.409. The third-order valence-corrected chi connectivity index (χ3v) is 5.97. The van der Waals surface area contributed by atoms with Crippen LogP contribution in [0, 0.1) is 0 Å². The molecule has 0 atom stereocenters. The highest BCUT2D eigenvalue weighted by Crippen LogP contribution is 2.27. The van der Waals surface area contributed by atoms with Crippen molar-refractivity contribution >= 4 is 29.2 Å². The third kappa shape index (κ3) is 5.20. The van der Waals surface area contributed by atoms with Gasteiger partial charge in [0.2, 0.25) is 0 Å². The first kappa shape index (κ1) is 20.6. The highest BCUT2D eigenvalue weighted by Gasteiger charge is 2.19. The molecule has 0 unspecified atom stereocenters. The quantitative estimate of drug-likeness (QED) is 0.740. The fourth-order valence-electron chi connectivity index (χ4n) is 3.45. The summed E-state index contributed by atoms with van der Waals surface area (Å²) in [6.07, 6.45) is 2.06. The van der Waals surface area contributed by atoms with Gasteiger partial charge in [-0.3, -0.25) is 0 Å². The predicted molar refractivity (Wildman–Crippen MR) is 119 cm³/mol. The van der Waals surface area contributed by atoms with E-state index in [-0.39, 0.29) is 6.03 Å². The molecule has 0 aliphatic carbocycles. The van der Waals surface area contributed by atoms with E-state index in [1.807, 2.05) is 25.2 Å². The summed E-state index contributed by atoms with van der Waals surface area (Å²) in [4.78, 5) is 20.5. The summed E-state index contributed by atoms with van der Waals surface area (Å²) < 4.78 is 0. The molecule has 1 heterocycles. The lowest BCUT2D eigenvalue weighted by molar-refractivity contribution is 0.220. The summed E-state index contributed by atoms with van der Waals surface area (Å²) >= 11 is 1.72. The topological polar surface area (TPSA) is 38.8 Å². The minimum atomic E-state index is -0.0893. The zero-order chi connectivity index (χ0) is 19.9. The number of nitrogens with zero attached hydrogens (tertiary/aromatic N) is 3. The van der Waals surface area contributed by atoms with Crippen molar-refractivity contribution in [3.63, 3.8) is 0 Å². The summed E-state index contributed by atoms with van der Waals surface area (Å²) in [5, 5.41) is 3.10. The van der Waals surface area contributed by atoms with Crippen molar-refractivity contribution in [3.05, 3.63) is 54.1 Å². The number of nitrogens with one attached hydrogen (secondary N) is 1. The van der Waals surface area contributed by atoms with Crippen LogP contribution in [-0.4, -0.2) is 61.9 Å². The van der Waals surface area contributed by atoms with E-state index in [1.54, 1.807) is 16.7 Å². The summed E-state index contributed by atoms with van der Waals surface area (Å²) in [6, 6.07) is 16.4. The molecule has 1 N–H and O–H groups in total. The first-order chi connectivity index (χ1) is 13.6. The van der Waals surface area contributed by atoms with E-state index in [4.69, 9.17) is 0 Å². The molecule has 1 saturated heterocycles. The smallest absolute Gasteiger partial charge is 0.321 e. The minimum Gasteiger partial charge on any atom is -0.367 e. The van der Waals surface area contributed by atoms with Crippen molar-refractivity contribution in [2.24, 2.45) is 0 Å². The largest absolute Gasteiger partial charge is 0.367 e. The van der Waals surface area contributed by atoms with Crippen molar-refractivity contribution in [3.8, 4) is 0 Å². The maximum Gasteiger partial charge on any atom is 0.321 e. The average Bonchev–Trinajstić information content (AvgIpc) is 2.74. The molecule has 150 valence electrons. The van der Waals surface area contributed by atoms with Gasteiger partial charge < -0.3 is 20.0 Å². The van der Waals surface area contributed by atoms with Crippen LogP contribution >= 0.6 is 11.8 Å². The molecule has 0 spiro atoms. The molecular weight excluding hydrogens is 368 g/mol. The van der Waals surface area contributed by atoms with E-state index in [2.05, 4.69) is 58.6 Å². The van der Waals surface area contributed by atoms with Gasteiger partial charge in [0.1, 0.15) is 0 Å². The fourth-order valence-corrected chi connectivity index (χ4v) is 3.86. The van der Waals surface area contributed by atoms with Crippen LogP contribution in [0.25, 0.3) is 0 Å². The van der Waals surface area contributed by atoms with Gasteiger partial charge in [-0.25, -0.2) is 4.79 Å². The van der Waals surface area contributed by atoms with Crippen LogP contribution in [0.3, 0.4) is 0 Å². The van der Waals surface area contributed by atoms with Crippen LogP contribution in [0.4, 0.5) is 16.2 Å². The third-order valence-electron chi connectivity index (χ3n) is 5.23. The highest BCUT2D eigenvalue weighted by atomic mass is 32.2. The summed E-state index contributed by atoms with van der Waals surface area (Å²) in [5.41, 5.74) is 3.10. The first-order valence-electron chi connectivity index (χ1n) is 9.82. The Morgan fingerprint density at radius 3 is 2.39 bits per heavy atom. The average molecular weight is 399 g/mol. The lowest BCUT2D eigenvalue weighted by Gasteiger charge is -2.36. The van der Waals surface area contributed by atoms with Gasteiger partial charge in [-0.15, -0.1) is 11.8 Å². The van der Waals surface area contributed by atoms with Crippen LogP contribution in [0.2, 0.25) is 0 Å². The zero-order valence-electron chi connectivity index (χ0n) is 17.0. The summed E-state index contributed by atoms with van der Waals surface area (Å²) in [6.45, 7) is 7.97. The van der Waals surface area contributed by atoms with Crippen LogP contribution in [-0.2, 0) is 6.54 Å². The van der Waals surface area contributed by atoms with Crippen molar-refractivity contribution in [2.75, 3.05) is 56.2 Å². The van der Waals surface area contributed by atoms with E-state index < -0.39 is 0 Å². The van der Waals surface area contributed by atoms with Crippen LogP contribution < -0.4 is 10.2 Å². The molecule has 0 aromatic heterocycles. The second-order valence-corrected chi connectivity index (χ2v) is 7.95. The monoisotopic (exact) mass is 398 g/mol. The molecule has 2 aromatic carbocycles.